The molecule has 2 N–H and O–H groups in total. The second kappa shape index (κ2) is 4.61. The topological polar surface area (TPSA) is 67.9 Å². The van der Waals surface area contributed by atoms with Crippen molar-refractivity contribution in [2.24, 2.45) is 0 Å². The number of aromatic nitrogens is 1. The van der Waals surface area contributed by atoms with E-state index in [0.717, 1.165) is 23.4 Å². The summed E-state index contributed by atoms with van der Waals surface area (Å²) >= 11 is 0. The van der Waals surface area contributed by atoms with E-state index in [2.05, 4.69) is 13.0 Å². The molecule has 0 fully saturated rings. The largest absolute Gasteiger partial charge is 0.469 e. The summed E-state index contributed by atoms with van der Waals surface area (Å²) in [7, 11) is 0. The van der Waals surface area contributed by atoms with E-state index in [1.54, 1.807) is 6.26 Å². The Bertz CT molecular complexity index is 588. The van der Waals surface area contributed by atoms with Crippen LogP contribution in [-0.4, -0.2) is 4.57 Å². The maximum atomic E-state index is 9.11. The first-order valence-corrected chi connectivity index (χ1v) is 5.95. The van der Waals surface area contributed by atoms with Gasteiger partial charge in [-0.1, -0.05) is 0 Å². The number of nitrogen functional groups attached to an aromatic ring is 1. The molecule has 2 aromatic heterocycles. The Kier molecular flexibility index (Phi) is 3.15. The molecular formula is C14H17N3O. The van der Waals surface area contributed by atoms with Gasteiger partial charge in [0.25, 0.3) is 0 Å². The van der Waals surface area contributed by atoms with Crippen molar-refractivity contribution in [3.05, 3.63) is 41.0 Å². The first-order valence-electron chi connectivity index (χ1n) is 5.95. The molecule has 2 heterocycles. The third-order valence-electron chi connectivity index (χ3n) is 3.42. The zero-order valence-electron chi connectivity index (χ0n) is 10.9. The molecule has 0 amide bonds. The summed E-state index contributed by atoms with van der Waals surface area (Å²) in [6.07, 6.45) is 2.43. The van der Waals surface area contributed by atoms with Gasteiger partial charge in [0.2, 0.25) is 0 Å². The normalized spacial score (nSPS) is 12.3. The predicted molar refractivity (Wildman–Crippen MR) is 70.2 cm³/mol. The van der Waals surface area contributed by atoms with Crippen molar-refractivity contribution in [1.82, 2.24) is 4.57 Å². The van der Waals surface area contributed by atoms with Gasteiger partial charge in [0.15, 0.2) is 0 Å². The SMILES string of the molecule is Cc1c(C#N)c(N)n(C(C)Cc2ccco2)c1C. The van der Waals surface area contributed by atoms with Crippen molar-refractivity contribution in [2.45, 2.75) is 33.2 Å². The molecule has 0 aromatic carbocycles. The Morgan fingerprint density at radius 3 is 2.72 bits per heavy atom. The lowest BCUT2D eigenvalue weighted by Crippen LogP contribution is -2.12. The highest BCUT2D eigenvalue weighted by Crippen LogP contribution is 2.28. The average molecular weight is 243 g/mol. The van der Waals surface area contributed by atoms with Crippen molar-refractivity contribution < 1.29 is 4.42 Å². The summed E-state index contributed by atoms with van der Waals surface area (Å²) in [6.45, 7) is 6.00. The number of furan rings is 1. The predicted octanol–water partition coefficient (Wildman–Crippen LogP) is 2.96. The van der Waals surface area contributed by atoms with Crippen LogP contribution in [0, 0.1) is 25.2 Å². The van der Waals surface area contributed by atoms with E-state index < -0.39 is 0 Å². The fourth-order valence-electron chi connectivity index (χ4n) is 2.38. The number of nitriles is 1. The molecule has 94 valence electrons. The van der Waals surface area contributed by atoms with Gasteiger partial charge >= 0.3 is 0 Å². The third-order valence-corrected chi connectivity index (χ3v) is 3.42. The summed E-state index contributed by atoms with van der Waals surface area (Å²) in [4.78, 5) is 0. The summed E-state index contributed by atoms with van der Waals surface area (Å²) in [6, 6.07) is 6.16. The van der Waals surface area contributed by atoms with Crippen molar-refractivity contribution >= 4 is 5.82 Å². The molecule has 2 aromatic rings. The fourth-order valence-corrected chi connectivity index (χ4v) is 2.38. The Hall–Kier alpha value is -2.15. The van der Waals surface area contributed by atoms with Gasteiger partial charge < -0.3 is 14.7 Å². The molecule has 1 unspecified atom stereocenters. The van der Waals surface area contributed by atoms with Crippen molar-refractivity contribution in [2.75, 3.05) is 5.73 Å². The van der Waals surface area contributed by atoms with E-state index in [1.807, 2.05) is 30.5 Å². The first kappa shape index (κ1) is 12.3. The third kappa shape index (κ3) is 1.88. The maximum absolute atomic E-state index is 9.11. The van der Waals surface area contributed by atoms with Crippen molar-refractivity contribution in [1.29, 1.82) is 5.26 Å². The lowest BCUT2D eigenvalue weighted by molar-refractivity contribution is 0.448. The van der Waals surface area contributed by atoms with E-state index in [0.29, 0.717) is 11.4 Å². The highest BCUT2D eigenvalue weighted by atomic mass is 16.3. The van der Waals surface area contributed by atoms with Gasteiger partial charge in [-0.15, -0.1) is 0 Å². The first-order chi connectivity index (χ1) is 8.56. The molecule has 0 spiro atoms. The second-order valence-corrected chi connectivity index (χ2v) is 4.58. The van der Waals surface area contributed by atoms with E-state index in [1.165, 1.54) is 0 Å². The maximum Gasteiger partial charge on any atom is 0.122 e. The molecular weight excluding hydrogens is 226 g/mol. The summed E-state index contributed by atoms with van der Waals surface area (Å²) in [5.74, 6) is 1.47. The Morgan fingerprint density at radius 1 is 1.50 bits per heavy atom. The number of hydrogen-bond acceptors (Lipinski definition) is 3. The van der Waals surface area contributed by atoms with Gasteiger partial charge in [-0.2, -0.15) is 5.26 Å². The minimum Gasteiger partial charge on any atom is -0.469 e. The van der Waals surface area contributed by atoms with Crippen LogP contribution in [0.25, 0.3) is 0 Å². The van der Waals surface area contributed by atoms with Crippen LogP contribution in [0.15, 0.2) is 22.8 Å². The molecule has 4 heteroatoms. The fraction of sp³-hybridized carbons (Fsp3) is 0.357. The van der Waals surface area contributed by atoms with Gasteiger partial charge in [0.05, 0.1) is 11.8 Å². The van der Waals surface area contributed by atoms with Crippen LogP contribution in [0.5, 0.6) is 0 Å². The lowest BCUT2D eigenvalue weighted by atomic mass is 10.2. The minimum atomic E-state index is 0.164. The molecule has 0 bridgehead atoms. The lowest BCUT2D eigenvalue weighted by Gasteiger charge is -2.17. The number of nitrogens with two attached hydrogens (primary N) is 1. The zero-order valence-corrected chi connectivity index (χ0v) is 10.9. The van der Waals surface area contributed by atoms with Crippen LogP contribution >= 0.6 is 0 Å². The van der Waals surface area contributed by atoms with E-state index in [4.69, 9.17) is 15.4 Å². The zero-order chi connectivity index (χ0) is 13.3. The van der Waals surface area contributed by atoms with Crippen LogP contribution in [0.4, 0.5) is 5.82 Å². The van der Waals surface area contributed by atoms with Crippen LogP contribution in [0.1, 0.15) is 35.5 Å². The standard InChI is InChI=1S/C14H17N3O/c1-9(7-12-5-4-6-18-12)17-11(3)10(2)13(8-15)14(17)16/h4-6,9H,7,16H2,1-3H3. The van der Waals surface area contributed by atoms with Crippen molar-refractivity contribution in [3.63, 3.8) is 0 Å². The molecule has 0 aliphatic heterocycles. The monoisotopic (exact) mass is 243 g/mol. The number of nitrogens with zero attached hydrogens (tertiary/aromatic N) is 2. The molecule has 18 heavy (non-hydrogen) atoms. The summed E-state index contributed by atoms with van der Waals surface area (Å²) in [5, 5.41) is 9.11. The molecule has 0 saturated carbocycles. The molecule has 4 nitrogen and oxygen atoms in total. The van der Waals surface area contributed by atoms with Gasteiger partial charge in [-0.25, -0.2) is 0 Å². The van der Waals surface area contributed by atoms with Crippen LogP contribution in [0.2, 0.25) is 0 Å². The van der Waals surface area contributed by atoms with E-state index in [-0.39, 0.29) is 6.04 Å². The average Bonchev–Trinajstić information content (AvgIpc) is 2.88. The highest BCUT2D eigenvalue weighted by molar-refractivity contribution is 5.58. The number of hydrogen-bond donors (Lipinski definition) is 1. The van der Waals surface area contributed by atoms with Crippen LogP contribution in [0.3, 0.4) is 0 Å². The molecule has 0 saturated heterocycles. The highest BCUT2D eigenvalue weighted by Gasteiger charge is 2.19. The van der Waals surface area contributed by atoms with Crippen molar-refractivity contribution in [3.8, 4) is 6.07 Å². The summed E-state index contributed by atoms with van der Waals surface area (Å²) < 4.78 is 7.36. The van der Waals surface area contributed by atoms with Gasteiger partial charge in [-0.3, -0.25) is 0 Å². The molecule has 0 aliphatic rings. The van der Waals surface area contributed by atoms with E-state index in [9.17, 15) is 0 Å². The van der Waals surface area contributed by atoms with Gasteiger partial charge in [0, 0.05) is 18.2 Å². The second-order valence-electron chi connectivity index (χ2n) is 4.58. The Labute approximate surface area is 107 Å². The van der Waals surface area contributed by atoms with Crippen LogP contribution in [-0.2, 0) is 6.42 Å². The van der Waals surface area contributed by atoms with Gasteiger partial charge in [-0.05, 0) is 38.5 Å². The Morgan fingerprint density at radius 2 is 2.22 bits per heavy atom. The summed E-state index contributed by atoms with van der Waals surface area (Å²) in [5.41, 5.74) is 8.64. The number of rotatable bonds is 3. The molecule has 2 rings (SSSR count). The van der Waals surface area contributed by atoms with Gasteiger partial charge in [0.1, 0.15) is 17.6 Å². The molecule has 1 atom stereocenters. The minimum absolute atomic E-state index is 0.164. The smallest absolute Gasteiger partial charge is 0.122 e. The quantitative estimate of drug-likeness (QED) is 0.901. The molecule has 0 radical (unpaired) electrons. The Balaban J connectivity index is 2.37. The molecule has 0 aliphatic carbocycles. The van der Waals surface area contributed by atoms with E-state index >= 15 is 0 Å². The number of anilines is 1. The van der Waals surface area contributed by atoms with Crippen LogP contribution < -0.4 is 5.73 Å².